The maximum atomic E-state index is 4.46. The number of aliphatic imine (C=N–C) groups is 1. The van der Waals surface area contributed by atoms with Gasteiger partial charge in [0.2, 0.25) is 0 Å². The second-order valence-electron chi connectivity index (χ2n) is 3.70. The molecule has 1 heterocycles. The Morgan fingerprint density at radius 3 is 2.60 bits per heavy atom. The third-order valence-electron chi connectivity index (χ3n) is 2.09. The summed E-state index contributed by atoms with van der Waals surface area (Å²) in [6.45, 7) is 6.40. The van der Waals surface area contributed by atoms with Gasteiger partial charge in [0.1, 0.15) is 5.70 Å². The van der Waals surface area contributed by atoms with Crippen LogP contribution in [0.1, 0.15) is 27.2 Å². The van der Waals surface area contributed by atoms with E-state index >= 15 is 0 Å². The van der Waals surface area contributed by atoms with Crippen LogP contribution in [-0.4, -0.2) is 41.0 Å². The van der Waals surface area contributed by atoms with Gasteiger partial charge in [0.05, 0.1) is 20.3 Å². The van der Waals surface area contributed by atoms with Gasteiger partial charge in [-0.05, 0) is 20.3 Å². The summed E-state index contributed by atoms with van der Waals surface area (Å²) in [6.07, 6.45) is 5.03. The average molecular weight is 225 g/mol. The van der Waals surface area contributed by atoms with Gasteiger partial charge >= 0.3 is 5.17 Å². The highest BCUT2D eigenvalue weighted by Crippen LogP contribution is 2.29. The quantitative estimate of drug-likeness (QED) is 0.400. The molecular formula is C11H19N3S+2. The molecule has 15 heavy (non-hydrogen) atoms. The van der Waals surface area contributed by atoms with Crippen molar-refractivity contribution in [3.63, 3.8) is 0 Å². The summed E-state index contributed by atoms with van der Waals surface area (Å²) in [5.74, 6) is 0. The number of thioether (sulfide) groups is 1. The van der Waals surface area contributed by atoms with Crippen LogP contribution in [0.15, 0.2) is 15.6 Å². The zero-order valence-electron chi connectivity index (χ0n) is 10.1. The highest BCUT2D eigenvalue weighted by Gasteiger charge is 2.27. The first-order chi connectivity index (χ1) is 7.06. The maximum Gasteiger partial charge on any atom is 0.372 e. The number of hydrogen-bond acceptors (Lipinski definition) is 1. The lowest BCUT2D eigenvalue weighted by molar-refractivity contribution is -0.460. The Morgan fingerprint density at radius 2 is 2.07 bits per heavy atom. The summed E-state index contributed by atoms with van der Waals surface area (Å²) in [5, 5.41) is 1.04. The second kappa shape index (κ2) is 5.26. The zero-order valence-corrected chi connectivity index (χ0v) is 10.9. The zero-order chi connectivity index (χ0) is 11.4. The van der Waals surface area contributed by atoms with Crippen LogP contribution in [0.4, 0.5) is 0 Å². The van der Waals surface area contributed by atoms with Gasteiger partial charge in [0.15, 0.2) is 0 Å². The van der Waals surface area contributed by atoms with E-state index in [0.717, 1.165) is 11.6 Å². The van der Waals surface area contributed by atoms with Crippen LogP contribution in [0.3, 0.4) is 0 Å². The first-order valence-electron chi connectivity index (χ1n) is 5.11. The van der Waals surface area contributed by atoms with Crippen molar-refractivity contribution in [2.24, 2.45) is 4.99 Å². The largest absolute Gasteiger partial charge is 0.372 e. The van der Waals surface area contributed by atoms with Crippen molar-refractivity contribution >= 4 is 29.5 Å². The van der Waals surface area contributed by atoms with Crippen molar-refractivity contribution in [3.05, 3.63) is 10.6 Å². The Hall–Kier alpha value is -0.900. The monoisotopic (exact) mass is 225 g/mol. The Balaban J connectivity index is 3.01. The summed E-state index contributed by atoms with van der Waals surface area (Å²) in [4.78, 5) is 5.78. The van der Waals surface area contributed by atoms with E-state index in [0.29, 0.717) is 0 Å². The summed E-state index contributed by atoms with van der Waals surface area (Å²) in [5.41, 5.74) is 1.28. The van der Waals surface area contributed by atoms with Crippen LogP contribution in [-0.2, 0) is 0 Å². The number of rotatable bonds is 2. The van der Waals surface area contributed by atoms with E-state index in [-0.39, 0.29) is 0 Å². The molecule has 82 valence electrons. The summed E-state index contributed by atoms with van der Waals surface area (Å²) in [7, 11) is 3.95. The molecule has 0 aromatic carbocycles. The molecule has 0 aliphatic carbocycles. The van der Waals surface area contributed by atoms with Crippen molar-refractivity contribution in [1.29, 1.82) is 0 Å². The summed E-state index contributed by atoms with van der Waals surface area (Å²) in [6, 6.07) is 0. The highest BCUT2D eigenvalue weighted by molar-refractivity contribution is 8.17. The van der Waals surface area contributed by atoms with Crippen molar-refractivity contribution in [1.82, 2.24) is 0 Å². The van der Waals surface area contributed by atoms with Crippen molar-refractivity contribution in [2.75, 3.05) is 14.1 Å². The minimum atomic E-state index is 1.02. The van der Waals surface area contributed by atoms with E-state index in [9.17, 15) is 0 Å². The van der Waals surface area contributed by atoms with E-state index in [1.54, 1.807) is 11.8 Å². The fraction of sp³-hybridized carbons (Fsp3) is 0.545. The molecule has 0 aromatic rings. The molecule has 0 aromatic heterocycles. The molecule has 0 N–H and O–H groups in total. The van der Waals surface area contributed by atoms with Gasteiger partial charge in [-0.15, -0.1) is 0 Å². The van der Waals surface area contributed by atoms with Gasteiger partial charge in [0, 0.05) is 21.7 Å². The highest BCUT2D eigenvalue weighted by atomic mass is 32.2. The topological polar surface area (TPSA) is 18.4 Å². The lowest BCUT2D eigenvalue weighted by Gasteiger charge is -1.95. The lowest BCUT2D eigenvalue weighted by atomic mass is 10.4. The Labute approximate surface area is 95.9 Å². The molecule has 0 fully saturated rings. The Bertz CT molecular complexity index is 371. The first kappa shape index (κ1) is 12.2. The van der Waals surface area contributed by atoms with Gasteiger partial charge in [-0.25, -0.2) is 0 Å². The third-order valence-corrected chi connectivity index (χ3v) is 3.17. The average Bonchev–Trinajstić information content (AvgIpc) is 2.43. The molecule has 3 nitrogen and oxygen atoms in total. The van der Waals surface area contributed by atoms with E-state index in [1.807, 2.05) is 25.0 Å². The predicted molar refractivity (Wildman–Crippen MR) is 68.2 cm³/mol. The normalized spacial score (nSPS) is 21.7. The molecule has 0 amide bonds. The van der Waals surface area contributed by atoms with Gasteiger partial charge in [-0.2, -0.15) is 4.58 Å². The molecule has 1 aliphatic heterocycles. The lowest BCUT2D eigenvalue weighted by Crippen LogP contribution is -2.13. The predicted octanol–water partition coefficient (Wildman–Crippen LogP) is 2.13. The van der Waals surface area contributed by atoms with Crippen LogP contribution in [0, 0.1) is 0 Å². The molecule has 1 rings (SSSR count). The molecule has 0 spiro atoms. The van der Waals surface area contributed by atoms with Gasteiger partial charge in [-0.3, -0.25) is 4.58 Å². The molecular weight excluding hydrogens is 206 g/mol. The molecule has 0 radical (unpaired) electrons. The molecule has 0 saturated heterocycles. The first-order valence-corrected chi connectivity index (χ1v) is 5.93. The van der Waals surface area contributed by atoms with Crippen LogP contribution in [0.5, 0.6) is 0 Å². The van der Waals surface area contributed by atoms with E-state index in [4.69, 9.17) is 0 Å². The van der Waals surface area contributed by atoms with Crippen molar-refractivity contribution in [2.45, 2.75) is 27.2 Å². The standard InChI is InChI=1S/C11H19N3S/c1-6-7-14-9(2)10(3)15-11(14)12-8-13(4)5/h7-8H,6H2,1-5H3/q+2/b14-7+. The fourth-order valence-electron chi connectivity index (χ4n) is 1.22. The van der Waals surface area contributed by atoms with E-state index in [1.165, 1.54) is 10.6 Å². The Morgan fingerprint density at radius 1 is 1.40 bits per heavy atom. The van der Waals surface area contributed by atoms with Gasteiger partial charge < -0.3 is 0 Å². The van der Waals surface area contributed by atoms with Crippen molar-refractivity contribution in [3.8, 4) is 0 Å². The number of nitrogens with zero attached hydrogens (tertiary/aromatic N) is 3. The molecule has 0 unspecified atom stereocenters. The Kier molecular flexibility index (Phi) is 4.27. The van der Waals surface area contributed by atoms with E-state index in [2.05, 4.69) is 36.6 Å². The number of allylic oxidation sites excluding steroid dienone is 2. The third kappa shape index (κ3) is 3.02. The molecule has 1 aliphatic rings. The molecule has 0 atom stereocenters. The molecule has 0 bridgehead atoms. The van der Waals surface area contributed by atoms with E-state index < -0.39 is 0 Å². The number of amidine groups is 1. The number of hydrogen-bond donors (Lipinski definition) is 0. The minimum Gasteiger partial charge on any atom is -0.270 e. The minimum absolute atomic E-state index is 1.02. The second-order valence-corrected chi connectivity index (χ2v) is 4.88. The van der Waals surface area contributed by atoms with Crippen LogP contribution in [0.2, 0.25) is 0 Å². The summed E-state index contributed by atoms with van der Waals surface area (Å²) >= 11 is 1.73. The van der Waals surface area contributed by atoms with Crippen LogP contribution >= 0.6 is 11.8 Å². The van der Waals surface area contributed by atoms with Crippen LogP contribution in [0.25, 0.3) is 0 Å². The van der Waals surface area contributed by atoms with Crippen LogP contribution < -0.4 is 0 Å². The van der Waals surface area contributed by atoms with Gasteiger partial charge in [-0.1, -0.05) is 6.92 Å². The fourth-order valence-corrected chi connectivity index (χ4v) is 2.15. The molecule has 0 saturated carbocycles. The maximum absolute atomic E-state index is 4.46. The smallest absolute Gasteiger partial charge is 0.270 e. The SMILES string of the molecule is CC/C=[N+]1/C(=NC=[N+](C)C)SC(C)=C1C. The van der Waals surface area contributed by atoms with Crippen molar-refractivity contribution < 1.29 is 9.15 Å². The van der Waals surface area contributed by atoms with Gasteiger partial charge in [0.25, 0.3) is 6.34 Å². The molecule has 4 heteroatoms. The summed E-state index contributed by atoms with van der Waals surface area (Å²) < 4.78 is 4.11.